The number of aryl methyl sites for hydroxylation is 1. The molecule has 144 valence electrons. The zero-order valence-corrected chi connectivity index (χ0v) is 16.3. The molecule has 0 saturated heterocycles. The molecule has 2 aliphatic carbocycles. The summed E-state index contributed by atoms with van der Waals surface area (Å²) in [6, 6.07) is 4.35. The third-order valence-electron chi connectivity index (χ3n) is 6.24. The molecule has 3 heteroatoms. The summed E-state index contributed by atoms with van der Waals surface area (Å²) in [5.41, 5.74) is 3.48. The van der Waals surface area contributed by atoms with Crippen LogP contribution in [0.25, 0.3) is 0 Å². The lowest BCUT2D eigenvalue weighted by Crippen LogP contribution is -2.11. The average Bonchev–Trinajstić information content (AvgIpc) is 2.69. The van der Waals surface area contributed by atoms with Crippen molar-refractivity contribution in [2.75, 3.05) is 6.61 Å². The molecule has 1 aromatic carbocycles. The molecular weight excluding hydrogens is 324 g/mol. The van der Waals surface area contributed by atoms with Crippen LogP contribution in [-0.4, -0.2) is 17.7 Å². The summed E-state index contributed by atoms with van der Waals surface area (Å²) in [6.45, 7) is 2.29. The molecule has 2 aliphatic rings. The molecule has 3 rings (SSSR count). The minimum Gasteiger partial charge on any atom is -0.507 e. The summed E-state index contributed by atoms with van der Waals surface area (Å²) >= 11 is 0. The van der Waals surface area contributed by atoms with Crippen molar-refractivity contribution in [1.82, 2.24) is 0 Å². The minimum absolute atomic E-state index is 0.126. The van der Waals surface area contributed by atoms with E-state index in [2.05, 4.69) is 12.1 Å². The van der Waals surface area contributed by atoms with Crippen LogP contribution < -0.4 is 0 Å². The Labute approximate surface area is 158 Å². The van der Waals surface area contributed by atoms with Crippen LogP contribution in [0.4, 0.5) is 0 Å². The molecule has 0 amide bonds. The molecule has 3 nitrogen and oxygen atoms in total. The lowest BCUT2D eigenvalue weighted by atomic mass is 9.78. The van der Waals surface area contributed by atoms with Gasteiger partial charge in [-0.15, -0.1) is 0 Å². The van der Waals surface area contributed by atoms with Gasteiger partial charge >= 0.3 is 5.97 Å². The van der Waals surface area contributed by atoms with E-state index < -0.39 is 0 Å². The van der Waals surface area contributed by atoms with Crippen LogP contribution in [0.2, 0.25) is 0 Å². The molecule has 0 aromatic heterocycles. The fourth-order valence-electron chi connectivity index (χ4n) is 4.82. The van der Waals surface area contributed by atoms with Crippen molar-refractivity contribution in [3.8, 4) is 5.75 Å². The molecule has 0 radical (unpaired) electrons. The maximum absolute atomic E-state index is 11.8. The molecule has 2 saturated carbocycles. The van der Waals surface area contributed by atoms with Crippen molar-refractivity contribution in [2.45, 2.75) is 95.8 Å². The number of hydrogen-bond donors (Lipinski definition) is 1. The fourth-order valence-corrected chi connectivity index (χ4v) is 4.82. The van der Waals surface area contributed by atoms with Gasteiger partial charge in [-0.25, -0.2) is 0 Å². The van der Waals surface area contributed by atoms with E-state index >= 15 is 0 Å². The normalized spacial score (nSPS) is 19.4. The van der Waals surface area contributed by atoms with Crippen LogP contribution in [0.3, 0.4) is 0 Å². The van der Waals surface area contributed by atoms with E-state index in [-0.39, 0.29) is 5.97 Å². The highest BCUT2D eigenvalue weighted by molar-refractivity contribution is 5.69. The molecule has 0 aliphatic heterocycles. The molecule has 0 unspecified atom stereocenters. The van der Waals surface area contributed by atoms with Gasteiger partial charge in [0, 0.05) is 6.42 Å². The summed E-state index contributed by atoms with van der Waals surface area (Å²) < 4.78 is 5.09. The van der Waals surface area contributed by atoms with Gasteiger partial charge in [-0.2, -0.15) is 0 Å². The van der Waals surface area contributed by atoms with E-state index in [4.69, 9.17) is 4.74 Å². The molecule has 2 fully saturated rings. The molecule has 0 atom stereocenters. The van der Waals surface area contributed by atoms with Gasteiger partial charge in [-0.05, 0) is 67.6 Å². The largest absolute Gasteiger partial charge is 0.507 e. The fraction of sp³-hybridized carbons (Fsp3) is 0.696. The second-order valence-corrected chi connectivity index (χ2v) is 8.10. The van der Waals surface area contributed by atoms with Crippen molar-refractivity contribution in [3.63, 3.8) is 0 Å². The summed E-state index contributed by atoms with van der Waals surface area (Å²) in [5.74, 6) is 1.39. The Hall–Kier alpha value is -1.51. The van der Waals surface area contributed by atoms with Crippen molar-refractivity contribution in [2.24, 2.45) is 0 Å². The Morgan fingerprint density at radius 3 is 1.92 bits per heavy atom. The lowest BCUT2D eigenvalue weighted by Gasteiger charge is -2.28. The van der Waals surface area contributed by atoms with Gasteiger partial charge in [0.1, 0.15) is 5.75 Å². The van der Waals surface area contributed by atoms with Crippen LogP contribution in [-0.2, 0) is 16.0 Å². The third-order valence-corrected chi connectivity index (χ3v) is 6.24. The maximum Gasteiger partial charge on any atom is 0.306 e. The van der Waals surface area contributed by atoms with E-state index in [1.165, 1.54) is 69.8 Å². The number of carbonyl (C=O) groups is 1. The molecule has 0 bridgehead atoms. The molecule has 1 aromatic rings. The molecule has 1 N–H and O–H groups in total. The van der Waals surface area contributed by atoms with E-state index in [0.717, 1.165) is 11.1 Å². The van der Waals surface area contributed by atoms with Gasteiger partial charge in [0.2, 0.25) is 0 Å². The number of aromatic hydroxyl groups is 1. The zero-order chi connectivity index (χ0) is 18.4. The minimum atomic E-state index is -0.126. The number of benzene rings is 1. The Morgan fingerprint density at radius 2 is 1.46 bits per heavy atom. The van der Waals surface area contributed by atoms with Crippen LogP contribution in [0.1, 0.15) is 106 Å². The predicted molar refractivity (Wildman–Crippen MR) is 105 cm³/mol. The first kappa shape index (κ1) is 19.3. The van der Waals surface area contributed by atoms with Gasteiger partial charge in [-0.3, -0.25) is 4.79 Å². The van der Waals surface area contributed by atoms with E-state index in [9.17, 15) is 9.90 Å². The van der Waals surface area contributed by atoms with Crippen molar-refractivity contribution in [1.29, 1.82) is 0 Å². The Kier molecular flexibility index (Phi) is 6.99. The summed E-state index contributed by atoms with van der Waals surface area (Å²) in [7, 11) is 0. The number of phenols is 1. The second-order valence-electron chi connectivity index (χ2n) is 8.10. The molecule has 0 heterocycles. The first-order valence-electron chi connectivity index (χ1n) is 10.7. The summed E-state index contributed by atoms with van der Waals surface area (Å²) in [5, 5.41) is 11.1. The summed E-state index contributed by atoms with van der Waals surface area (Å²) in [4.78, 5) is 11.8. The lowest BCUT2D eigenvalue weighted by molar-refractivity contribution is -0.143. The standard InChI is InChI=1S/C23H34O3/c1-2-26-22(24)14-13-17-15-20(18-9-5-3-6-10-18)23(25)21(16-17)19-11-7-4-8-12-19/h15-16,18-19,25H,2-14H2,1H3. The quantitative estimate of drug-likeness (QED) is 0.636. The third kappa shape index (κ3) is 4.81. The number of rotatable bonds is 6. The van der Waals surface area contributed by atoms with E-state index in [1.807, 2.05) is 6.92 Å². The number of esters is 1. The van der Waals surface area contributed by atoms with E-state index in [0.29, 0.717) is 37.0 Å². The number of phenolic OH excluding ortho intramolecular Hbond substituents is 1. The van der Waals surface area contributed by atoms with Crippen LogP contribution >= 0.6 is 0 Å². The van der Waals surface area contributed by atoms with Crippen molar-refractivity contribution < 1.29 is 14.6 Å². The number of hydrogen-bond acceptors (Lipinski definition) is 3. The first-order valence-corrected chi connectivity index (χ1v) is 10.7. The van der Waals surface area contributed by atoms with Crippen LogP contribution in [0, 0.1) is 0 Å². The monoisotopic (exact) mass is 358 g/mol. The SMILES string of the molecule is CCOC(=O)CCc1cc(C2CCCCC2)c(O)c(C2CCCCC2)c1. The van der Waals surface area contributed by atoms with Gasteiger partial charge in [0.25, 0.3) is 0 Å². The predicted octanol–water partition coefficient (Wildman–Crippen LogP) is 5.98. The molecule has 26 heavy (non-hydrogen) atoms. The van der Waals surface area contributed by atoms with Gasteiger partial charge < -0.3 is 9.84 Å². The Morgan fingerprint density at radius 1 is 0.962 bits per heavy atom. The average molecular weight is 359 g/mol. The number of ether oxygens (including phenoxy) is 1. The van der Waals surface area contributed by atoms with Crippen LogP contribution in [0.5, 0.6) is 5.75 Å². The summed E-state index contributed by atoms with van der Waals surface area (Å²) in [6.07, 6.45) is 13.5. The van der Waals surface area contributed by atoms with Crippen molar-refractivity contribution in [3.05, 3.63) is 28.8 Å². The highest BCUT2D eigenvalue weighted by atomic mass is 16.5. The first-order chi connectivity index (χ1) is 12.7. The molecule has 0 spiro atoms. The van der Waals surface area contributed by atoms with Crippen molar-refractivity contribution >= 4 is 5.97 Å². The van der Waals surface area contributed by atoms with Gasteiger partial charge in [-0.1, -0.05) is 50.7 Å². The highest BCUT2D eigenvalue weighted by Gasteiger charge is 2.25. The maximum atomic E-state index is 11.8. The topological polar surface area (TPSA) is 46.5 Å². The van der Waals surface area contributed by atoms with Crippen LogP contribution in [0.15, 0.2) is 12.1 Å². The van der Waals surface area contributed by atoms with Gasteiger partial charge in [0.05, 0.1) is 6.61 Å². The Balaban J connectivity index is 1.86. The number of carbonyl (C=O) groups excluding carboxylic acids is 1. The van der Waals surface area contributed by atoms with Gasteiger partial charge in [0.15, 0.2) is 0 Å². The second kappa shape index (κ2) is 9.43. The van der Waals surface area contributed by atoms with E-state index in [1.54, 1.807) is 0 Å². The smallest absolute Gasteiger partial charge is 0.306 e. The Bertz CT molecular complexity index is 556. The highest BCUT2D eigenvalue weighted by Crippen LogP contribution is 2.44. The zero-order valence-electron chi connectivity index (χ0n) is 16.3. The molecular formula is C23H34O3.